The number of fused-ring (bicyclic) bond motifs is 1. The van der Waals surface area contributed by atoms with E-state index in [4.69, 9.17) is 14.2 Å². The second kappa shape index (κ2) is 7.26. The summed E-state index contributed by atoms with van der Waals surface area (Å²) in [6.45, 7) is 4.26. The predicted molar refractivity (Wildman–Crippen MR) is 86.1 cm³/mol. The molecule has 2 saturated heterocycles. The number of hydrogen-bond acceptors (Lipinski definition) is 5. The van der Waals surface area contributed by atoms with Crippen LogP contribution in [0.25, 0.3) is 0 Å². The van der Waals surface area contributed by atoms with Gasteiger partial charge in [-0.2, -0.15) is 0 Å². The fourth-order valence-electron chi connectivity index (χ4n) is 4.27. The van der Waals surface area contributed by atoms with Crippen LogP contribution in [0, 0.1) is 0 Å². The minimum Gasteiger partial charge on any atom is -0.381 e. The van der Waals surface area contributed by atoms with Gasteiger partial charge in [-0.15, -0.1) is 0 Å². The van der Waals surface area contributed by atoms with Gasteiger partial charge in [0.05, 0.1) is 31.1 Å². The van der Waals surface area contributed by atoms with E-state index < -0.39 is 0 Å². The maximum absolute atomic E-state index is 6.16. The number of pyridine rings is 1. The van der Waals surface area contributed by atoms with Crippen LogP contribution in [0.15, 0.2) is 24.4 Å². The molecular formula is C18H26N2O3. The monoisotopic (exact) mass is 318 g/mol. The molecule has 23 heavy (non-hydrogen) atoms. The number of nitrogens with zero attached hydrogens (tertiary/aromatic N) is 2. The lowest BCUT2D eigenvalue weighted by Crippen LogP contribution is -2.56. The van der Waals surface area contributed by atoms with Gasteiger partial charge in [0.2, 0.25) is 0 Å². The van der Waals surface area contributed by atoms with Crippen molar-refractivity contribution in [2.45, 2.75) is 56.6 Å². The Morgan fingerprint density at radius 3 is 2.87 bits per heavy atom. The molecule has 3 fully saturated rings. The zero-order chi connectivity index (χ0) is 15.5. The first-order chi connectivity index (χ1) is 11.4. The fourth-order valence-corrected chi connectivity index (χ4v) is 4.27. The van der Waals surface area contributed by atoms with Gasteiger partial charge >= 0.3 is 0 Å². The smallest absolute Gasteiger partial charge is 0.0992 e. The van der Waals surface area contributed by atoms with Crippen LogP contribution >= 0.6 is 0 Å². The Labute approximate surface area is 137 Å². The van der Waals surface area contributed by atoms with Crippen LogP contribution in [0.5, 0.6) is 0 Å². The van der Waals surface area contributed by atoms with Gasteiger partial charge in [0, 0.05) is 38.0 Å². The largest absolute Gasteiger partial charge is 0.381 e. The Morgan fingerprint density at radius 2 is 2.04 bits per heavy atom. The van der Waals surface area contributed by atoms with Crippen LogP contribution in [0.3, 0.4) is 0 Å². The quantitative estimate of drug-likeness (QED) is 0.850. The predicted octanol–water partition coefficient (Wildman–Crippen LogP) is 2.01. The molecule has 0 radical (unpaired) electrons. The highest BCUT2D eigenvalue weighted by Crippen LogP contribution is 2.35. The van der Waals surface area contributed by atoms with Crippen LogP contribution < -0.4 is 0 Å². The van der Waals surface area contributed by atoms with E-state index in [-0.39, 0.29) is 12.2 Å². The SMILES string of the molecule is c1ccc(CO[C@@H]2CC[C@@H]3[C@@H]2OCCN3C2CCOCC2)nc1. The van der Waals surface area contributed by atoms with E-state index in [1.165, 1.54) is 6.42 Å². The Balaban J connectivity index is 1.37. The van der Waals surface area contributed by atoms with E-state index in [2.05, 4.69) is 9.88 Å². The van der Waals surface area contributed by atoms with Crippen molar-refractivity contribution in [1.29, 1.82) is 0 Å². The first-order valence-electron chi connectivity index (χ1n) is 8.88. The van der Waals surface area contributed by atoms with Crippen molar-refractivity contribution in [3.63, 3.8) is 0 Å². The maximum Gasteiger partial charge on any atom is 0.0992 e. The molecule has 5 heteroatoms. The minimum absolute atomic E-state index is 0.199. The van der Waals surface area contributed by atoms with Gasteiger partial charge in [-0.05, 0) is 37.8 Å². The molecule has 0 bridgehead atoms. The van der Waals surface area contributed by atoms with Crippen molar-refractivity contribution >= 4 is 0 Å². The molecule has 0 aromatic carbocycles. The highest BCUT2D eigenvalue weighted by Gasteiger charge is 2.45. The second-order valence-corrected chi connectivity index (χ2v) is 6.73. The molecule has 0 amide bonds. The van der Waals surface area contributed by atoms with Crippen LogP contribution in [0.1, 0.15) is 31.4 Å². The minimum atomic E-state index is 0.199. The van der Waals surface area contributed by atoms with E-state index in [1.54, 1.807) is 0 Å². The van der Waals surface area contributed by atoms with Gasteiger partial charge in [-0.3, -0.25) is 9.88 Å². The summed E-state index contributed by atoms with van der Waals surface area (Å²) in [6.07, 6.45) is 6.81. The van der Waals surface area contributed by atoms with E-state index >= 15 is 0 Å². The van der Waals surface area contributed by atoms with Crippen LogP contribution in [0.4, 0.5) is 0 Å². The highest BCUT2D eigenvalue weighted by atomic mass is 16.5. The summed E-state index contributed by atoms with van der Waals surface area (Å²) in [6, 6.07) is 7.14. The van der Waals surface area contributed by atoms with Crippen LogP contribution in [0.2, 0.25) is 0 Å². The van der Waals surface area contributed by atoms with Crippen molar-refractivity contribution < 1.29 is 14.2 Å². The first kappa shape index (κ1) is 15.5. The molecular weight excluding hydrogens is 292 g/mol. The molecule has 0 spiro atoms. The van der Waals surface area contributed by atoms with Gasteiger partial charge in [-0.1, -0.05) is 6.07 Å². The molecule has 1 aromatic rings. The highest BCUT2D eigenvalue weighted by molar-refractivity contribution is 5.03. The Morgan fingerprint density at radius 1 is 1.13 bits per heavy atom. The second-order valence-electron chi connectivity index (χ2n) is 6.73. The number of aromatic nitrogens is 1. The van der Waals surface area contributed by atoms with E-state index in [0.29, 0.717) is 18.7 Å². The van der Waals surface area contributed by atoms with Gasteiger partial charge in [0.25, 0.3) is 0 Å². The Hall–Kier alpha value is -1.01. The van der Waals surface area contributed by atoms with Gasteiger partial charge < -0.3 is 14.2 Å². The summed E-state index contributed by atoms with van der Waals surface area (Å²) >= 11 is 0. The van der Waals surface area contributed by atoms with Crippen LogP contribution in [-0.2, 0) is 20.8 Å². The summed E-state index contributed by atoms with van der Waals surface area (Å²) in [5.41, 5.74) is 0.994. The van der Waals surface area contributed by atoms with Crippen molar-refractivity contribution in [1.82, 2.24) is 9.88 Å². The fraction of sp³-hybridized carbons (Fsp3) is 0.722. The Kier molecular flexibility index (Phi) is 4.90. The number of rotatable bonds is 4. The van der Waals surface area contributed by atoms with Gasteiger partial charge in [-0.25, -0.2) is 0 Å². The molecule has 126 valence electrons. The summed E-state index contributed by atoms with van der Waals surface area (Å²) in [7, 11) is 0. The molecule has 1 saturated carbocycles. The summed E-state index contributed by atoms with van der Waals surface area (Å²) in [4.78, 5) is 7.02. The van der Waals surface area contributed by atoms with E-state index in [1.807, 2.05) is 24.4 Å². The zero-order valence-electron chi connectivity index (χ0n) is 13.6. The van der Waals surface area contributed by atoms with Gasteiger partial charge in [0.1, 0.15) is 0 Å². The molecule has 5 nitrogen and oxygen atoms in total. The molecule has 1 aromatic heterocycles. The molecule has 0 unspecified atom stereocenters. The molecule has 4 rings (SSSR count). The topological polar surface area (TPSA) is 43.8 Å². The lowest BCUT2D eigenvalue weighted by Gasteiger charge is -2.44. The van der Waals surface area contributed by atoms with Crippen molar-refractivity contribution in [3.05, 3.63) is 30.1 Å². The van der Waals surface area contributed by atoms with E-state index in [9.17, 15) is 0 Å². The number of hydrogen-bond donors (Lipinski definition) is 0. The normalized spacial score (nSPS) is 32.8. The summed E-state index contributed by atoms with van der Waals surface area (Å²) in [5, 5.41) is 0. The molecule has 1 aliphatic carbocycles. The van der Waals surface area contributed by atoms with Crippen molar-refractivity contribution in [2.75, 3.05) is 26.4 Å². The summed E-state index contributed by atoms with van der Waals surface area (Å²) in [5.74, 6) is 0. The maximum atomic E-state index is 6.16. The zero-order valence-corrected chi connectivity index (χ0v) is 13.6. The Bertz CT molecular complexity index is 492. The molecule has 3 aliphatic rings. The third-order valence-corrected chi connectivity index (χ3v) is 5.41. The van der Waals surface area contributed by atoms with Gasteiger partial charge in [0.15, 0.2) is 0 Å². The average Bonchev–Trinajstić information content (AvgIpc) is 3.05. The first-order valence-corrected chi connectivity index (χ1v) is 8.88. The van der Waals surface area contributed by atoms with Crippen LogP contribution in [-0.4, -0.2) is 60.5 Å². The average molecular weight is 318 g/mol. The molecule has 3 atom stereocenters. The molecule has 3 heterocycles. The van der Waals surface area contributed by atoms with Crippen molar-refractivity contribution in [2.24, 2.45) is 0 Å². The summed E-state index contributed by atoms with van der Waals surface area (Å²) < 4.78 is 17.8. The number of ether oxygens (including phenoxy) is 3. The molecule has 0 N–H and O–H groups in total. The lowest BCUT2D eigenvalue weighted by molar-refractivity contribution is -0.132. The standard InChI is InChI=1S/C18H26N2O3/c1-2-8-19-14(3-1)13-23-17-5-4-16-18(17)22-12-9-20(16)15-6-10-21-11-7-15/h1-3,8,15-18H,4-7,9-13H2/t16-,17-,18+/m1/s1. The molecule has 2 aliphatic heterocycles. The number of morpholine rings is 1. The third-order valence-electron chi connectivity index (χ3n) is 5.41. The lowest BCUT2D eigenvalue weighted by atomic mass is 10.0. The third kappa shape index (κ3) is 3.43. The van der Waals surface area contributed by atoms with Crippen molar-refractivity contribution in [3.8, 4) is 0 Å². The van der Waals surface area contributed by atoms with E-state index in [0.717, 1.165) is 51.3 Å².